The molecule has 23 heavy (non-hydrogen) atoms. The molecule has 0 saturated heterocycles. The van der Waals surface area contributed by atoms with Gasteiger partial charge >= 0.3 is 0 Å². The van der Waals surface area contributed by atoms with Crippen molar-refractivity contribution in [3.05, 3.63) is 66.0 Å². The number of benzene rings is 1. The van der Waals surface area contributed by atoms with E-state index in [9.17, 15) is 9.18 Å². The van der Waals surface area contributed by atoms with Crippen molar-refractivity contribution in [2.75, 3.05) is 6.54 Å². The number of nitrogens with zero attached hydrogens (tertiary/aromatic N) is 2. The molecule has 0 N–H and O–H groups in total. The van der Waals surface area contributed by atoms with Gasteiger partial charge in [0.05, 0.1) is 12.8 Å². The van der Waals surface area contributed by atoms with E-state index < -0.39 is 0 Å². The van der Waals surface area contributed by atoms with Crippen LogP contribution < -0.4 is 0 Å². The Hall–Kier alpha value is -2.89. The second-order valence-corrected chi connectivity index (χ2v) is 4.99. The molecule has 0 aliphatic heterocycles. The number of aromatic nitrogens is 1. The summed E-state index contributed by atoms with van der Waals surface area (Å²) in [6.07, 6.45) is 1.46. The molecule has 5 nitrogen and oxygen atoms in total. The predicted molar refractivity (Wildman–Crippen MR) is 81.0 cm³/mol. The fraction of sp³-hybridized carbons (Fsp3) is 0.176. The van der Waals surface area contributed by atoms with Gasteiger partial charge in [0.15, 0.2) is 11.5 Å². The van der Waals surface area contributed by atoms with Crippen LogP contribution in [0.25, 0.3) is 11.3 Å². The second-order valence-electron chi connectivity index (χ2n) is 4.99. The number of furan rings is 1. The van der Waals surface area contributed by atoms with E-state index in [-0.39, 0.29) is 17.5 Å². The third kappa shape index (κ3) is 3.31. The van der Waals surface area contributed by atoms with Crippen LogP contribution in [-0.4, -0.2) is 22.5 Å². The average molecular weight is 314 g/mol. The molecule has 0 unspecified atom stereocenters. The van der Waals surface area contributed by atoms with Gasteiger partial charge in [0, 0.05) is 18.2 Å². The highest BCUT2D eigenvalue weighted by molar-refractivity contribution is 5.91. The Kier molecular flexibility index (Phi) is 4.23. The summed E-state index contributed by atoms with van der Waals surface area (Å²) in [6, 6.07) is 11.0. The molecule has 0 saturated carbocycles. The van der Waals surface area contributed by atoms with Crippen molar-refractivity contribution in [3.8, 4) is 11.3 Å². The predicted octanol–water partition coefficient (Wildman–Crippen LogP) is 3.74. The Labute approximate surface area is 132 Å². The minimum Gasteiger partial charge on any atom is -0.459 e. The molecule has 118 valence electrons. The van der Waals surface area contributed by atoms with E-state index in [1.807, 2.05) is 6.92 Å². The zero-order chi connectivity index (χ0) is 16.2. The maximum atomic E-state index is 12.9. The molecule has 2 aromatic heterocycles. The third-order valence-corrected chi connectivity index (χ3v) is 3.44. The number of carbonyl (C=O) groups excluding carboxylic acids is 1. The van der Waals surface area contributed by atoms with Crippen molar-refractivity contribution in [2.45, 2.75) is 13.5 Å². The van der Waals surface area contributed by atoms with E-state index in [1.54, 1.807) is 35.2 Å². The third-order valence-electron chi connectivity index (χ3n) is 3.44. The second kappa shape index (κ2) is 6.48. The van der Waals surface area contributed by atoms with E-state index in [2.05, 4.69) is 5.16 Å². The summed E-state index contributed by atoms with van der Waals surface area (Å²) >= 11 is 0. The van der Waals surface area contributed by atoms with E-state index in [0.29, 0.717) is 24.5 Å². The fourth-order valence-corrected chi connectivity index (χ4v) is 2.22. The van der Waals surface area contributed by atoms with Gasteiger partial charge < -0.3 is 13.8 Å². The first-order chi connectivity index (χ1) is 11.2. The van der Waals surface area contributed by atoms with Gasteiger partial charge in [0.2, 0.25) is 0 Å². The molecule has 3 aromatic rings. The first-order valence-electron chi connectivity index (χ1n) is 7.21. The molecule has 1 amide bonds. The van der Waals surface area contributed by atoms with Crippen LogP contribution in [0.5, 0.6) is 0 Å². The Balaban J connectivity index is 1.75. The van der Waals surface area contributed by atoms with E-state index >= 15 is 0 Å². The molecule has 0 radical (unpaired) electrons. The highest BCUT2D eigenvalue weighted by Crippen LogP contribution is 2.21. The van der Waals surface area contributed by atoms with E-state index in [0.717, 1.165) is 5.56 Å². The van der Waals surface area contributed by atoms with Gasteiger partial charge in [0.1, 0.15) is 11.5 Å². The van der Waals surface area contributed by atoms with Gasteiger partial charge in [-0.15, -0.1) is 0 Å². The number of hydrogen-bond acceptors (Lipinski definition) is 4. The molecular weight excluding hydrogens is 299 g/mol. The van der Waals surface area contributed by atoms with E-state index in [4.69, 9.17) is 8.94 Å². The van der Waals surface area contributed by atoms with Crippen LogP contribution in [0.3, 0.4) is 0 Å². The highest BCUT2D eigenvalue weighted by Gasteiger charge is 2.19. The summed E-state index contributed by atoms with van der Waals surface area (Å²) in [5, 5.41) is 3.97. The lowest BCUT2D eigenvalue weighted by Gasteiger charge is -2.17. The lowest BCUT2D eigenvalue weighted by Crippen LogP contribution is -2.30. The maximum Gasteiger partial charge on any atom is 0.289 e. The molecule has 0 bridgehead atoms. The molecule has 0 aliphatic rings. The van der Waals surface area contributed by atoms with Crippen molar-refractivity contribution in [1.82, 2.24) is 10.1 Å². The van der Waals surface area contributed by atoms with Gasteiger partial charge in [-0.2, -0.15) is 0 Å². The first-order valence-corrected chi connectivity index (χ1v) is 7.21. The number of amides is 1. The normalized spacial score (nSPS) is 10.7. The molecule has 3 rings (SSSR count). The monoisotopic (exact) mass is 314 g/mol. The van der Waals surface area contributed by atoms with Crippen LogP contribution in [0.15, 0.2) is 57.7 Å². The maximum absolute atomic E-state index is 12.9. The summed E-state index contributed by atoms with van der Waals surface area (Å²) in [5.41, 5.74) is 1.34. The summed E-state index contributed by atoms with van der Waals surface area (Å²) in [5.74, 6) is 0.300. The molecule has 0 atom stereocenters. The summed E-state index contributed by atoms with van der Waals surface area (Å²) in [4.78, 5) is 13.9. The summed E-state index contributed by atoms with van der Waals surface area (Å²) in [6.45, 7) is 2.70. The van der Waals surface area contributed by atoms with Crippen LogP contribution in [0, 0.1) is 5.82 Å². The van der Waals surface area contributed by atoms with Crippen LogP contribution in [0.4, 0.5) is 4.39 Å². The van der Waals surface area contributed by atoms with E-state index in [1.165, 1.54) is 18.4 Å². The lowest BCUT2D eigenvalue weighted by molar-refractivity contribution is 0.0717. The van der Waals surface area contributed by atoms with Gasteiger partial charge in [-0.3, -0.25) is 4.79 Å². The number of carbonyl (C=O) groups is 1. The standard InChI is InChI=1S/C17H15FN2O3/c1-2-20(17(21)15-4-3-9-22-15)11-14-10-16(23-19-14)12-5-7-13(18)8-6-12/h3-10H,2,11H2,1H3. The van der Waals surface area contributed by atoms with Crippen LogP contribution >= 0.6 is 0 Å². The van der Waals surface area contributed by atoms with Crippen LogP contribution in [0.1, 0.15) is 23.2 Å². The van der Waals surface area contributed by atoms with Gasteiger partial charge in [-0.25, -0.2) is 4.39 Å². The molecule has 0 spiro atoms. The van der Waals surface area contributed by atoms with Gasteiger partial charge in [-0.1, -0.05) is 5.16 Å². The Morgan fingerprint density at radius 3 is 2.70 bits per heavy atom. The Bertz CT molecular complexity index is 779. The van der Waals surface area contributed by atoms with Crippen molar-refractivity contribution in [3.63, 3.8) is 0 Å². The van der Waals surface area contributed by atoms with Crippen LogP contribution in [0.2, 0.25) is 0 Å². The minimum atomic E-state index is -0.310. The zero-order valence-corrected chi connectivity index (χ0v) is 12.5. The first kappa shape index (κ1) is 15.0. The molecule has 0 fully saturated rings. The van der Waals surface area contributed by atoms with Gasteiger partial charge in [-0.05, 0) is 43.3 Å². The average Bonchev–Trinajstić information content (AvgIpc) is 3.24. The molecule has 6 heteroatoms. The zero-order valence-electron chi connectivity index (χ0n) is 12.5. The van der Waals surface area contributed by atoms with Crippen molar-refractivity contribution >= 4 is 5.91 Å². The van der Waals surface area contributed by atoms with Gasteiger partial charge in [0.25, 0.3) is 5.91 Å². The summed E-state index contributed by atoms with van der Waals surface area (Å²) < 4.78 is 23.4. The molecule has 2 heterocycles. The molecular formula is C17H15FN2O3. The lowest BCUT2D eigenvalue weighted by atomic mass is 10.1. The number of rotatable bonds is 5. The highest BCUT2D eigenvalue weighted by atomic mass is 19.1. The van der Waals surface area contributed by atoms with Crippen molar-refractivity contribution in [1.29, 1.82) is 0 Å². The van der Waals surface area contributed by atoms with Crippen molar-refractivity contribution < 1.29 is 18.1 Å². The Morgan fingerprint density at radius 2 is 2.04 bits per heavy atom. The molecule has 1 aromatic carbocycles. The largest absolute Gasteiger partial charge is 0.459 e. The smallest absolute Gasteiger partial charge is 0.289 e. The SMILES string of the molecule is CCN(Cc1cc(-c2ccc(F)cc2)on1)C(=O)c1ccco1. The topological polar surface area (TPSA) is 59.5 Å². The number of halogens is 1. The van der Waals surface area contributed by atoms with Crippen LogP contribution in [-0.2, 0) is 6.54 Å². The van der Waals surface area contributed by atoms with Crippen molar-refractivity contribution in [2.24, 2.45) is 0 Å². The Morgan fingerprint density at radius 1 is 1.26 bits per heavy atom. The quantitative estimate of drug-likeness (QED) is 0.720. The summed E-state index contributed by atoms with van der Waals surface area (Å²) in [7, 11) is 0. The minimum absolute atomic E-state index is 0.205. The number of hydrogen-bond donors (Lipinski definition) is 0. The molecule has 0 aliphatic carbocycles. The fourth-order valence-electron chi connectivity index (χ4n) is 2.22.